The smallest absolute Gasteiger partial charge is 0.387 e. The number of nitrogens with one attached hydrogen (secondary N) is 1. The van der Waals surface area contributed by atoms with E-state index in [4.69, 9.17) is 4.74 Å². The first-order valence-electron chi connectivity index (χ1n) is 4.42. The third kappa shape index (κ3) is 4.43. The molecule has 0 atom stereocenters. The maximum Gasteiger partial charge on any atom is 0.387 e. The summed E-state index contributed by atoms with van der Waals surface area (Å²) < 4.78 is 57.3. The standard InChI is InChI=1S/C9H11F2NO4S/c1-15-6-3-4-8(16-9(10)11)7(5-6)12-17(2,13)14/h3-5,9,12H,1-2H3. The Morgan fingerprint density at radius 1 is 1.35 bits per heavy atom. The third-order valence-electron chi connectivity index (χ3n) is 1.70. The molecule has 0 spiro atoms. The van der Waals surface area contributed by atoms with Gasteiger partial charge < -0.3 is 9.47 Å². The van der Waals surface area contributed by atoms with Crippen molar-refractivity contribution < 1.29 is 26.7 Å². The minimum Gasteiger partial charge on any atom is -0.497 e. The Morgan fingerprint density at radius 3 is 2.47 bits per heavy atom. The molecule has 1 aromatic rings. The van der Waals surface area contributed by atoms with Crippen molar-refractivity contribution in [2.45, 2.75) is 6.61 Å². The molecule has 0 heterocycles. The lowest BCUT2D eigenvalue weighted by Crippen LogP contribution is -2.12. The summed E-state index contributed by atoms with van der Waals surface area (Å²) in [5.74, 6) is 0.0454. The molecule has 0 unspecified atom stereocenters. The van der Waals surface area contributed by atoms with Crippen LogP contribution in [0.2, 0.25) is 0 Å². The lowest BCUT2D eigenvalue weighted by Gasteiger charge is -2.12. The van der Waals surface area contributed by atoms with Crippen molar-refractivity contribution in [1.82, 2.24) is 0 Å². The maximum absolute atomic E-state index is 12.1. The van der Waals surface area contributed by atoms with Crippen LogP contribution >= 0.6 is 0 Å². The van der Waals surface area contributed by atoms with Gasteiger partial charge in [0.1, 0.15) is 11.5 Å². The Labute approximate surface area is 97.4 Å². The Bertz CT molecular complexity index is 490. The van der Waals surface area contributed by atoms with Gasteiger partial charge in [0.05, 0.1) is 19.1 Å². The van der Waals surface area contributed by atoms with Crippen LogP contribution in [0.1, 0.15) is 0 Å². The molecule has 0 aromatic heterocycles. The first-order chi connectivity index (χ1) is 7.81. The van der Waals surface area contributed by atoms with Crippen LogP contribution in [-0.4, -0.2) is 28.4 Å². The molecule has 0 amide bonds. The summed E-state index contributed by atoms with van der Waals surface area (Å²) in [4.78, 5) is 0. The first kappa shape index (κ1) is 13.5. The summed E-state index contributed by atoms with van der Waals surface area (Å²) in [7, 11) is -2.22. The van der Waals surface area contributed by atoms with Gasteiger partial charge in [0, 0.05) is 6.07 Å². The number of alkyl halides is 2. The summed E-state index contributed by atoms with van der Waals surface area (Å²) in [6.45, 7) is -3.04. The van der Waals surface area contributed by atoms with Crippen LogP contribution in [0.25, 0.3) is 0 Å². The molecule has 0 bridgehead atoms. The molecule has 0 aliphatic heterocycles. The van der Waals surface area contributed by atoms with E-state index >= 15 is 0 Å². The predicted octanol–water partition coefficient (Wildman–Crippen LogP) is 1.67. The normalized spacial score (nSPS) is 11.4. The highest BCUT2D eigenvalue weighted by molar-refractivity contribution is 7.92. The van der Waals surface area contributed by atoms with E-state index in [0.717, 1.165) is 6.26 Å². The number of benzene rings is 1. The maximum atomic E-state index is 12.1. The average Bonchev–Trinajstić information content (AvgIpc) is 2.17. The zero-order chi connectivity index (χ0) is 13.1. The van der Waals surface area contributed by atoms with Gasteiger partial charge in [0.25, 0.3) is 0 Å². The number of hydrogen-bond acceptors (Lipinski definition) is 4. The van der Waals surface area contributed by atoms with Crippen LogP contribution in [0.3, 0.4) is 0 Å². The van der Waals surface area contributed by atoms with Crippen LogP contribution in [0, 0.1) is 0 Å². The highest BCUT2D eigenvalue weighted by Crippen LogP contribution is 2.30. The Kier molecular flexibility index (Phi) is 4.11. The van der Waals surface area contributed by atoms with E-state index in [1.165, 1.54) is 25.3 Å². The fourth-order valence-electron chi connectivity index (χ4n) is 1.11. The van der Waals surface area contributed by atoms with E-state index < -0.39 is 16.6 Å². The van der Waals surface area contributed by atoms with Crippen LogP contribution in [0.4, 0.5) is 14.5 Å². The Balaban J connectivity index is 3.11. The number of ether oxygens (including phenoxy) is 2. The minimum atomic E-state index is -3.59. The lowest BCUT2D eigenvalue weighted by atomic mass is 10.3. The van der Waals surface area contributed by atoms with Gasteiger partial charge in [-0.15, -0.1) is 0 Å². The van der Waals surface area contributed by atoms with Gasteiger partial charge in [-0.3, -0.25) is 4.72 Å². The topological polar surface area (TPSA) is 64.6 Å². The lowest BCUT2D eigenvalue weighted by molar-refractivity contribution is -0.0493. The van der Waals surface area contributed by atoms with E-state index in [-0.39, 0.29) is 11.4 Å². The van der Waals surface area contributed by atoms with E-state index in [2.05, 4.69) is 9.46 Å². The Morgan fingerprint density at radius 2 is 2.00 bits per heavy atom. The number of sulfonamides is 1. The SMILES string of the molecule is COc1ccc(OC(F)F)c(NS(C)(=O)=O)c1. The van der Waals surface area contributed by atoms with Gasteiger partial charge in [0.15, 0.2) is 0 Å². The second-order valence-electron chi connectivity index (χ2n) is 3.11. The average molecular weight is 267 g/mol. The van der Waals surface area contributed by atoms with E-state index in [9.17, 15) is 17.2 Å². The number of rotatable bonds is 5. The van der Waals surface area contributed by atoms with Crippen LogP contribution in [0.5, 0.6) is 11.5 Å². The molecule has 5 nitrogen and oxygen atoms in total. The van der Waals surface area contributed by atoms with Gasteiger partial charge in [0.2, 0.25) is 10.0 Å². The molecule has 0 radical (unpaired) electrons. The van der Waals surface area contributed by atoms with Crippen molar-refractivity contribution in [2.75, 3.05) is 18.1 Å². The molecule has 0 saturated heterocycles. The van der Waals surface area contributed by atoms with Gasteiger partial charge in [-0.1, -0.05) is 0 Å². The van der Waals surface area contributed by atoms with Gasteiger partial charge in [-0.05, 0) is 12.1 Å². The van der Waals surface area contributed by atoms with Crippen LogP contribution in [-0.2, 0) is 10.0 Å². The predicted molar refractivity (Wildman–Crippen MR) is 58.1 cm³/mol. The number of anilines is 1. The second-order valence-corrected chi connectivity index (χ2v) is 4.86. The van der Waals surface area contributed by atoms with Gasteiger partial charge in [-0.25, -0.2) is 8.42 Å². The summed E-state index contributed by atoms with van der Waals surface area (Å²) in [6.07, 6.45) is 0.901. The Hall–Kier alpha value is -1.57. The summed E-state index contributed by atoms with van der Waals surface area (Å²) in [6, 6.07) is 3.82. The van der Waals surface area contributed by atoms with Crippen molar-refractivity contribution in [1.29, 1.82) is 0 Å². The van der Waals surface area contributed by atoms with Crippen molar-refractivity contribution >= 4 is 15.7 Å². The monoisotopic (exact) mass is 267 g/mol. The zero-order valence-corrected chi connectivity index (χ0v) is 9.92. The molecule has 17 heavy (non-hydrogen) atoms. The molecule has 1 N–H and O–H groups in total. The van der Waals surface area contributed by atoms with Crippen molar-refractivity contribution in [2.24, 2.45) is 0 Å². The van der Waals surface area contributed by atoms with Crippen LogP contribution < -0.4 is 14.2 Å². The number of halogens is 2. The molecule has 96 valence electrons. The molecule has 1 aromatic carbocycles. The molecule has 0 aliphatic rings. The number of methoxy groups -OCH3 is 1. The molecule has 8 heteroatoms. The zero-order valence-electron chi connectivity index (χ0n) is 9.11. The van der Waals surface area contributed by atoms with Crippen molar-refractivity contribution in [3.63, 3.8) is 0 Å². The molecule has 0 aliphatic carbocycles. The molecular formula is C9H11F2NO4S. The van der Waals surface area contributed by atoms with Crippen LogP contribution in [0.15, 0.2) is 18.2 Å². The van der Waals surface area contributed by atoms with Gasteiger partial charge in [-0.2, -0.15) is 8.78 Å². The fraction of sp³-hybridized carbons (Fsp3) is 0.333. The largest absolute Gasteiger partial charge is 0.497 e. The molecule has 1 rings (SSSR count). The second kappa shape index (κ2) is 5.17. The molecular weight excluding hydrogens is 256 g/mol. The first-order valence-corrected chi connectivity index (χ1v) is 6.31. The summed E-state index contributed by atoms with van der Waals surface area (Å²) >= 11 is 0. The van der Waals surface area contributed by atoms with E-state index in [0.29, 0.717) is 5.75 Å². The number of hydrogen-bond donors (Lipinski definition) is 1. The van der Waals surface area contributed by atoms with Crippen molar-refractivity contribution in [3.8, 4) is 11.5 Å². The molecule has 0 saturated carbocycles. The highest BCUT2D eigenvalue weighted by Gasteiger charge is 2.13. The van der Waals surface area contributed by atoms with E-state index in [1.54, 1.807) is 0 Å². The summed E-state index contributed by atoms with van der Waals surface area (Å²) in [5.41, 5.74) is -0.104. The van der Waals surface area contributed by atoms with E-state index in [1.807, 2.05) is 0 Å². The van der Waals surface area contributed by atoms with Gasteiger partial charge >= 0.3 is 6.61 Å². The highest BCUT2D eigenvalue weighted by atomic mass is 32.2. The van der Waals surface area contributed by atoms with Crippen molar-refractivity contribution in [3.05, 3.63) is 18.2 Å². The molecule has 0 fully saturated rings. The summed E-state index contributed by atoms with van der Waals surface area (Å²) in [5, 5.41) is 0. The minimum absolute atomic E-state index is 0.104. The quantitative estimate of drug-likeness (QED) is 0.881. The fourth-order valence-corrected chi connectivity index (χ4v) is 1.67. The third-order valence-corrected chi connectivity index (χ3v) is 2.29.